The second-order valence-corrected chi connectivity index (χ2v) is 5.72. The third-order valence-electron chi connectivity index (χ3n) is 3.31. The van der Waals surface area contributed by atoms with Gasteiger partial charge in [-0.2, -0.15) is 5.10 Å². The van der Waals surface area contributed by atoms with E-state index in [1.54, 1.807) is 7.05 Å². The van der Waals surface area contributed by atoms with E-state index >= 15 is 0 Å². The number of benzene rings is 1. The number of aromatic amines is 1. The number of aryl methyl sites for hydroxylation is 1. The first-order valence-electron chi connectivity index (χ1n) is 6.76. The molecule has 0 saturated carbocycles. The third kappa shape index (κ3) is 4.07. The highest BCUT2D eigenvalue weighted by Crippen LogP contribution is 2.17. The van der Waals surface area contributed by atoms with Crippen LogP contribution in [0.25, 0.3) is 0 Å². The average molecular weight is 350 g/mol. The summed E-state index contributed by atoms with van der Waals surface area (Å²) in [5, 5.41) is 10.3. The molecule has 0 bridgehead atoms. The molecule has 0 amide bonds. The monoisotopic (exact) mass is 349 g/mol. The van der Waals surface area contributed by atoms with Crippen LogP contribution in [0.4, 0.5) is 0 Å². The lowest BCUT2D eigenvalue weighted by molar-refractivity contribution is 0.475. The zero-order chi connectivity index (χ0) is 15.2. The molecule has 0 aliphatic rings. The molecule has 1 aromatic carbocycles. The van der Waals surface area contributed by atoms with Gasteiger partial charge in [-0.15, -0.1) is 0 Å². The van der Waals surface area contributed by atoms with Crippen molar-refractivity contribution in [1.82, 2.24) is 20.4 Å². The molecule has 0 spiro atoms. The molecule has 5 nitrogen and oxygen atoms in total. The van der Waals surface area contributed by atoms with E-state index in [9.17, 15) is 0 Å². The van der Waals surface area contributed by atoms with Crippen molar-refractivity contribution < 1.29 is 0 Å². The summed E-state index contributed by atoms with van der Waals surface area (Å²) in [4.78, 5) is 6.42. The first-order valence-corrected chi connectivity index (χ1v) is 7.55. The van der Waals surface area contributed by atoms with E-state index in [0.717, 1.165) is 28.2 Å². The van der Waals surface area contributed by atoms with Crippen LogP contribution in [-0.4, -0.2) is 35.2 Å². The Morgan fingerprint density at radius 1 is 1.38 bits per heavy atom. The molecule has 0 saturated heterocycles. The number of halogens is 1. The molecule has 0 fully saturated rings. The minimum absolute atomic E-state index is 0.704. The Morgan fingerprint density at radius 2 is 2.14 bits per heavy atom. The maximum atomic E-state index is 4.33. The molecule has 0 radical (unpaired) electrons. The predicted molar refractivity (Wildman–Crippen MR) is 89.1 cm³/mol. The van der Waals surface area contributed by atoms with Crippen LogP contribution in [0.5, 0.6) is 0 Å². The number of H-pyrrole nitrogens is 1. The molecule has 2 rings (SSSR count). The van der Waals surface area contributed by atoms with Gasteiger partial charge in [-0.3, -0.25) is 10.1 Å². The van der Waals surface area contributed by atoms with E-state index in [1.165, 1.54) is 5.56 Å². The number of rotatable bonds is 4. The van der Waals surface area contributed by atoms with Gasteiger partial charge in [-0.05, 0) is 18.6 Å². The van der Waals surface area contributed by atoms with E-state index in [-0.39, 0.29) is 0 Å². The fourth-order valence-electron chi connectivity index (χ4n) is 2.07. The van der Waals surface area contributed by atoms with Crippen LogP contribution in [0.3, 0.4) is 0 Å². The SMILES string of the molecule is CN=C(NCc1cn[nH]c1C)N(C)Cc1ccccc1Br. The number of aromatic nitrogens is 2. The van der Waals surface area contributed by atoms with Gasteiger partial charge in [0.15, 0.2) is 5.96 Å². The van der Waals surface area contributed by atoms with Crippen molar-refractivity contribution in [3.05, 3.63) is 51.8 Å². The molecule has 21 heavy (non-hydrogen) atoms. The molecular formula is C15H20BrN5. The Bertz CT molecular complexity index is 620. The van der Waals surface area contributed by atoms with Crippen molar-refractivity contribution in [3.8, 4) is 0 Å². The summed E-state index contributed by atoms with van der Waals surface area (Å²) < 4.78 is 1.11. The number of aliphatic imine (C=N–C) groups is 1. The predicted octanol–water partition coefficient (Wildman–Crippen LogP) is 2.69. The van der Waals surface area contributed by atoms with Crippen molar-refractivity contribution >= 4 is 21.9 Å². The number of hydrogen-bond acceptors (Lipinski definition) is 2. The molecule has 0 atom stereocenters. The molecule has 2 aromatic rings. The molecule has 112 valence electrons. The quantitative estimate of drug-likeness (QED) is 0.659. The Balaban J connectivity index is 1.98. The molecule has 0 aliphatic heterocycles. The summed E-state index contributed by atoms with van der Waals surface area (Å²) in [6.07, 6.45) is 1.84. The lowest BCUT2D eigenvalue weighted by atomic mass is 10.2. The van der Waals surface area contributed by atoms with Gasteiger partial charge < -0.3 is 10.2 Å². The van der Waals surface area contributed by atoms with E-state index < -0.39 is 0 Å². The van der Waals surface area contributed by atoms with Gasteiger partial charge in [0, 0.05) is 42.9 Å². The lowest BCUT2D eigenvalue weighted by Crippen LogP contribution is -2.38. The van der Waals surface area contributed by atoms with Crippen LogP contribution >= 0.6 is 15.9 Å². The first kappa shape index (κ1) is 15.6. The van der Waals surface area contributed by atoms with E-state index in [2.05, 4.69) is 47.4 Å². The van der Waals surface area contributed by atoms with E-state index in [1.807, 2.05) is 38.4 Å². The fraction of sp³-hybridized carbons (Fsp3) is 0.333. The van der Waals surface area contributed by atoms with Gasteiger partial charge >= 0.3 is 0 Å². The summed E-state index contributed by atoms with van der Waals surface area (Å²) in [6.45, 7) is 3.50. The highest BCUT2D eigenvalue weighted by Gasteiger charge is 2.09. The van der Waals surface area contributed by atoms with Crippen molar-refractivity contribution in [1.29, 1.82) is 0 Å². The van der Waals surface area contributed by atoms with Crippen LogP contribution in [0.1, 0.15) is 16.8 Å². The van der Waals surface area contributed by atoms with Crippen molar-refractivity contribution in [2.45, 2.75) is 20.0 Å². The molecule has 0 unspecified atom stereocenters. The summed E-state index contributed by atoms with van der Waals surface area (Å²) in [6, 6.07) is 8.21. The number of nitrogens with one attached hydrogen (secondary N) is 2. The summed E-state index contributed by atoms with van der Waals surface area (Å²) in [7, 11) is 3.82. The summed E-state index contributed by atoms with van der Waals surface area (Å²) >= 11 is 3.58. The first-order chi connectivity index (χ1) is 10.1. The van der Waals surface area contributed by atoms with Crippen molar-refractivity contribution in [3.63, 3.8) is 0 Å². The minimum Gasteiger partial charge on any atom is -0.352 e. The smallest absolute Gasteiger partial charge is 0.193 e. The van der Waals surface area contributed by atoms with Crippen LogP contribution in [0, 0.1) is 6.92 Å². The third-order valence-corrected chi connectivity index (χ3v) is 4.08. The maximum Gasteiger partial charge on any atom is 0.193 e. The van der Waals surface area contributed by atoms with Crippen LogP contribution < -0.4 is 5.32 Å². The van der Waals surface area contributed by atoms with Crippen molar-refractivity contribution in [2.24, 2.45) is 4.99 Å². The average Bonchev–Trinajstić information content (AvgIpc) is 2.88. The Kier molecular flexibility index (Phi) is 5.38. The molecule has 1 heterocycles. The zero-order valence-corrected chi connectivity index (χ0v) is 14.1. The molecule has 0 aliphatic carbocycles. The molecule has 1 aromatic heterocycles. The molecule has 2 N–H and O–H groups in total. The van der Waals surface area contributed by atoms with Crippen LogP contribution in [0.15, 0.2) is 39.9 Å². The minimum atomic E-state index is 0.704. The lowest BCUT2D eigenvalue weighted by Gasteiger charge is -2.22. The second-order valence-electron chi connectivity index (χ2n) is 4.87. The van der Waals surface area contributed by atoms with Gasteiger partial charge in [0.1, 0.15) is 0 Å². The highest BCUT2D eigenvalue weighted by molar-refractivity contribution is 9.10. The van der Waals surface area contributed by atoms with Gasteiger partial charge in [-0.1, -0.05) is 34.1 Å². The van der Waals surface area contributed by atoms with E-state index in [4.69, 9.17) is 0 Å². The van der Waals surface area contributed by atoms with Gasteiger partial charge in [0.05, 0.1) is 6.20 Å². The van der Waals surface area contributed by atoms with Crippen LogP contribution in [-0.2, 0) is 13.1 Å². The Hall–Kier alpha value is -1.82. The second kappa shape index (κ2) is 7.26. The standard InChI is InChI=1S/C15H20BrN5/c1-11-13(9-19-20-11)8-18-15(17-2)21(3)10-12-6-4-5-7-14(12)16/h4-7,9H,8,10H2,1-3H3,(H,17,18)(H,19,20). The van der Waals surface area contributed by atoms with Crippen molar-refractivity contribution in [2.75, 3.05) is 14.1 Å². The van der Waals surface area contributed by atoms with Gasteiger partial charge in [0.25, 0.3) is 0 Å². The Morgan fingerprint density at radius 3 is 2.76 bits per heavy atom. The zero-order valence-electron chi connectivity index (χ0n) is 12.5. The summed E-state index contributed by atoms with van der Waals surface area (Å²) in [5.74, 6) is 0.853. The Labute approximate surface area is 133 Å². The normalized spacial score (nSPS) is 11.5. The fourth-order valence-corrected chi connectivity index (χ4v) is 2.48. The number of guanidine groups is 1. The molecular weight excluding hydrogens is 330 g/mol. The van der Waals surface area contributed by atoms with Crippen LogP contribution in [0.2, 0.25) is 0 Å². The highest BCUT2D eigenvalue weighted by atomic mass is 79.9. The summed E-state index contributed by atoms with van der Waals surface area (Å²) in [5.41, 5.74) is 3.44. The number of nitrogens with zero attached hydrogens (tertiary/aromatic N) is 3. The van der Waals surface area contributed by atoms with Gasteiger partial charge in [-0.25, -0.2) is 0 Å². The van der Waals surface area contributed by atoms with Gasteiger partial charge in [0.2, 0.25) is 0 Å². The van der Waals surface area contributed by atoms with E-state index in [0.29, 0.717) is 6.54 Å². The molecule has 6 heteroatoms. The number of hydrogen-bond donors (Lipinski definition) is 2. The largest absolute Gasteiger partial charge is 0.352 e. The maximum absolute atomic E-state index is 4.33. The topological polar surface area (TPSA) is 56.3 Å².